The molecular formula is C12H14Cl2N2O. The molecule has 0 saturated heterocycles. The molecule has 1 rings (SSSR count). The van der Waals surface area contributed by atoms with Gasteiger partial charge in [-0.15, -0.1) is 0 Å². The highest BCUT2D eigenvalue weighted by molar-refractivity contribution is 6.43. The summed E-state index contributed by atoms with van der Waals surface area (Å²) in [6.07, 6.45) is 1.92. The molecule has 0 aromatic heterocycles. The molecule has 1 amide bonds. The Labute approximate surface area is 111 Å². The van der Waals surface area contributed by atoms with E-state index in [4.69, 9.17) is 23.2 Å². The number of rotatable bonds is 4. The molecule has 0 aliphatic heterocycles. The highest BCUT2D eigenvalue weighted by Gasteiger charge is 2.03. The Bertz CT molecular complexity index is 431. The summed E-state index contributed by atoms with van der Waals surface area (Å²) in [7, 11) is 0. The minimum atomic E-state index is -0.116. The van der Waals surface area contributed by atoms with Crippen molar-refractivity contribution in [2.24, 2.45) is 11.0 Å². The number of halogens is 2. The summed E-state index contributed by atoms with van der Waals surface area (Å²) in [5.41, 5.74) is 3.11. The van der Waals surface area contributed by atoms with Gasteiger partial charge in [0.2, 0.25) is 5.91 Å². The first-order chi connectivity index (χ1) is 8.00. The first kappa shape index (κ1) is 14.0. The van der Waals surface area contributed by atoms with Gasteiger partial charge < -0.3 is 0 Å². The van der Waals surface area contributed by atoms with Crippen molar-refractivity contribution in [1.82, 2.24) is 5.43 Å². The van der Waals surface area contributed by atoms with Crippen LogP contribution in [0.2, 0.25) is 10.0 Å². The number of nitrogens with one attached hydrogen (secondary N) is 1. The second-order valence-electron chi connectivity index (χ2n) is 4.03. The summed E-state index contributed by atoms with van der Waals surface area (Å²) < 4.78 is 0. The topological polar surface area (TPSA) is 41.5 Å². The van der Waals surface area contributed by atoms with Gasteiger partial charge in [0.15, 0.2) is 0 Å². The van der Waals surface area contributed by atoms with Crippen molar-refractivity contribution < 1.29 is 4.79 Å². The highest BCUT2D eigenvalue weighted by Crippen LogP contribution is 2.23. The fourth-order valence-corrected chi connectivity index (χ4v) is 1.57. The molecule has 0 aliphatic rings. The van der Waals surface area contributed by atoms with E-state index in [1.165, 1.54) is 6.21 Å². The maximum absolute atomic E-state index is 11.3. The van der Waals surface area contributed by atoms with E-state index < -0.39 is 0 Å². The molecule has 3 nitrogen and oxygen atoms in total. The Morgan fingerprint density at radius 2 is 2.18 bits per heavy atom. The smallest absolute Gasteiger partial charge is 0.240 e. The predicted molar refractivity (Wildman–Crippen MR) is 71.7 cm³/mol. The van der Waals surface area contributed by atoms with Crippen LogP contribution in [0, 0.1) is 5.92 Å². The third-order valence-electron chi connectivity index (χ3n) is 1.97. The van der Waals surface area contributed by atoms with Gasteiger partial charge in [-0.05, 0) is 12.0 Å². The van der Waals surface area contributed by atoms with E-state index in [1.807, 2.05) is 13.8 Å². The SMILES string of the molecule is CC(C)CC(=O)N/N=C/c1cccc(Cl)c1Cl. The average Bonchev–Trinajstić information content (AvgIpc) is 2.23. The number of hydrogen-bond acceptors (Lipinski definition) is 2. The normalized spacial score (nSPS) is 11.1. The van der Waals surface area contributed by atoms with Crippen molar-refractivity contribution in [1.29, 1.82) is 0 Å². The summed E-state index contributed by atoms with van der Waals surface area (Å²) in [5, 5.41) is 4.72. The van der Waals surface area contributed by atoms with Gasteiger partial charge in [0.1, 0.15) is 0 Å². The van der Waals surface area contributed by atoms with Crippen molar-refractivity contribution in [2.45, 2.75) is 20.3 Å². The molecule has 0 bridgehead atoms. The molecule has 0 radical (unpaired) electrons. The summed E-state index contributed by atoms with van der Waals surface area (Å²) >= 11 is 11.8. The van der Waals surface area contributed by atoms with E-state index >= 15 is 0 Å². The first-order valence-electron chi connectivity index (χ1n) is 5.26. The van der Waals surface area contributed by atoms with Crippen molar-refractivity contribution in [3.63, 3.8) is 0 Å². The maximum atomic E-state index is 11.3. The van der Waals surface area contributed by atoms with Crippen LogP contribution in [0.4, 0.5) is 0 Å². The van der Waals surface area contributed by atoms with Gasteiger partial charge in [0, 0.05) is 12.0 Å². The lowest BCUT2D eigenvalue weighted by Gasteiger charge is -2.02. The van der Waals surface area contributed by atoms with E-state index in [2.05, 4.69) is 10.5 Å². The Balaban J connectivity index is 2.60. The van der Waals surface area contributed by atoms with E-state index in [1.54, 1.807) is 18.2 Å². The Morgan fingerprint density at radius 1 is 1.47 bits per heavy atom. The fourth-order valence-electron chi connectivity index (χ4n) is 1.21. The van der Waals surface area contributed by atoms with Crippen LogP contribution in [0.3, 0.4) is 0 Å². The second-order valence-corrected chi connectivity index (χ2v) is 4.82. The average molecular weight is 273 g/mol. The van der Waals surface area contributed by atoms with Gasteiger partial charge in [-0.1, -0.05) is 49.2 Å². The molecule has 0 heterocycles. The largest absolute Gasteiger partial charge is 0.273 e. The van der Waals surface area contributed by atoms with Gasteiger partial charge in [0.05, 0.1) is 16.3 Å². The fraction of sp³-hybridized carbons (Fsp3) is 0.333. The van der Waals surface area contributed by atoms with E-state index in [-0.39, 0.29) is 5.91 Å². The minimum absolute atomic E-state index is 0.116. The monoisotopic (exact) mass is 272 g/mol. The van der Waals surface area contributed by atoms with Gasteiger partial charge >= 0.3 is 0 Å². The number of hydrogen-bond donors (Lipinski definition) is 1. The van der Waals surface area contributed by atoms with Crippen LogP contribution in [0.5, 0.6) is 0 Å². The Morgan fingerprint density at radius 3 is 2.82 bits per heavy atom. The van der Waals surface area contributed by atoms with E-state index in [0.29, 0.717) is 27.9 Å². The zero-order valence-corrected chi connectivity index (χ0v) is 11.2. The second kappa shape index (κ2) is 6.62. The number of nitrogens with zero attached hydrogens (tertiary/aromatic N) is 1. The summed E-state index contributed by atoms with van der Waals surface area (Å²) in [6.45, 7) is 3.94. The quantitative estimate of drug-likeness (QED) is 0.662. The summed E-state index contributed by atoms with van der Waals surface area (Å²) in [5.74, 6) is 0.189. The van der Waals surface area contributed by atoms with Crippen molar-refractivity contribution >= 4 is 35.3 Å². The number of carbonyl (C=O) groups is 1. The van der Waals surface area contributed by atoms with Crippen LogP contribution in [0.15, 0.2) is 23.3 Å². The lowest BCUT2D eigenvalue weighted by atomic mass is 10.1. The van der Waals surface area contributed by atoms with Crippen LogP contribution in [0.1, 0.15) is 25.8 Å². The number of hydrazone groups is 1. The van der Waals surface area contributed by atoms with Gasteiger partial charge in [0.25, 0.3) is 0 Å². The molecule has 0 spiro atoms. The molecule has 1 N–H and O–H groups in total. The number of benzene rings is 1. The number of amides is 1. The lowest BCUT2D eigenvalue weighted by molar-refractivity contribution is -0.121. The molecule has 17 heavy (non-hydrogen) atoms. The molecule has 0 aliphatic carbocycles. The number of carbonyl (C=O) groups excluding carboxylic acids is 1. The van der Waals surface area contributed by atoms with Crippen LogP contribution in [-0.4, -0.2) is 12.1 Å². The predicted octanol–water partition coefficient (Wildman–Crippen LogP) is 3.49. The molecule has 1 aromatic rings. The molecule has 5 heteroatoms. The van der Waals surface area contributed by atoms with Crippen molar-refractivity contribution in [2.75, 3.05) is 0 Å². The third kappa shape index (κ3) is 4.75. The van der Waals surface area contributed by atoms with E-state index in [0.717, 1.165) is 0 Å². The van der Waals surface area contributed by atoms with Gasteiger partial charge in [-0.25, -0.2) is 5.43 Å². The molecule has 0 unspecified atom stereocenters. The lowest BCUT2D eigenvalue weighted by Crippen LogP contribution is -2.19. The standard InChI is InChI=1S/C12H14Cl2N2O/c1-8(2)6-11(17)16-15-7-9-4-3-5-10(13)12(9)14/h3-5,7-8H,6H2,1-2H3,(H,16,17)/b15-7+. The molecule has 92 valence electrons. The van der Waals surface area contributed by atoms with Crippen LogP contribution in [0.25, 0.3) is 0 Å². The summed E-state index contributed by atoms with van der Waals surface area (Å²) in [4.78, 5) is 11.3. The van der Waals surface area contributed by atoms with E-state index in [9.17, 15) is 4.79 Å². The zero-order chi connectivity index (χ0) is 12.8. The van der Waals surface area contributed by atoms with Crippen molar-refractivity contribution in [3.05, 3.63) is 33.8 Å². The Kier molecular flexibility index (Phi) is 5.45. The highest BCUT2D eigenvalue weighted by atomic mass is 35.5. The van der Waals surface area contributed by atoms with Gasteiger partial charge in [-0.3, -0.25) is 4.79 Å². The molecule has 0 fully saturated rings. The van der Waals surface area contributed by atoms with Crippen LogP contribution >= 0.6 is 23.2 Å². The Hall–Kier alpha value is -1.06. The van der Waals surface area contributed by atoms with Crippen LogP contribution < -0.4 is 5.43 Å². The zero-order valence-electron chi connectivity index (χ0n) is 9.71. The molecular weight excluding hydrogens is 259 g/mol. The molecule has 0 atom stereocenters. The van der Waals surface area contributed by atoms with Crippen molar-refractivity contribution in [3.8, 4) is 0 Å². The minimum Gasteiger partial charge on any atom is -0.273 e. The molecule has 1 aromatic carbocycles. The maximum Gasteiger partial charge on any atom is 0.240 e. The van der Waals surface area contributed by atoms with Crippen LogP contribution in [-0.2, 0) is 4.79 Å². The first-order valence-corrected chi connectivity index (χ1v) is 6.02. The van der Waals surface area contributed by atoms with Gasteiger partial charge in [-0.2, -0.15) is 5.10 Å². The third-order valence-corrected chi connectivity index (χ3v) is 2.80. The molecule has 0 saturated carbocycles. The summed E-state index contributed by atoms with van der Waals surface area (Å²) in [6, 6.07) is 5.23.